The highest BCUT2D eigenvalue weighted by Gasteiger charge is 2.43. The molecule has 14 heavy (non-hydrogen) atoms. The van der Waals surface area contributed by atoms with Crippen molar-refractivity contribution >= 4 is 11.8 Å². The minimum absolute atomic E-state index is 0.561. The Balaban J connectivity index is 3.17. The van der Waals surface area contributed by atoms with Gasteiger partial charge in [-0.3, -0.25) is 9.59 Å². The lowest BCUT2D eigenvalue weighted by Crippen LogP contribution is -2.47. The van der Waals surface area contributed by atoms with Crippen LogP contribution in [0.2, 0.25) is 0 Å². The van der Waals surface area contributed by atoms with E-state index in [2.05, 4.69) is 0 Å². The Labute approximate surface area is 81.6 Å². The van der Waals surface area contributed by atoms with Crippen molar-refractivity contribution in [3.63, 3.8) is 0 Å². The number of carbonyl (C=O) groups is 2. The number of aliphatic hydroxyl groups is 1. The van der Waals surface area contributed by atoms with E-state index < -0.39 is 23.3 Å². The van der Waals surface area contributed by atoms with Crippen LogP contribution in [-0.2, 0) is 9.59 Å². The second-order valence-electron chi connectivity index (χ2n) is 3.44. The molecule has 0 bridgehead atoms. The van der Waals surface area contributed by atoms with Crippen LogP contribution in [-0.4, -0.2) is 27.6 Å². The molecule has 2 unspecified atom stereocenters. The van der Waals surface area contributed by atoms with Crippen LogP contribution in [0.4, 0.5) is 0 Å². The molecule has 0 aromatic rings. The molecule has 0 fully saturated rings. The summed E-state index contributed by atoms with van der Waals surface area (Å²) in [7, 11) is 0. The van der Waals surface area contributed by atoms with Crippen molar-refractivity contribution in [1.82, 2.24) is 0 Å². The first-order chi connectivity index (χ1) is 6.38. The van der Waals surface area contributed by atoms with Crippen molar-refractivity contribution in [1.29, 1.82) is 0 Å². The number of carboxylic acids is 1. The monoisotopic (exact) mass is 196 g/mol. The van der Waals surface area contributed by atoms with E-state index in [1.165, 1.54) is 19.1 Å². The molecule has 0 aliphatic heterocycles. The Hall–Kier alpha value is -1.42. The van der Waals surface area contributed by atoms with Crippen molar-refractivity contribution < 1.29 is 19.8 Å². The van der Waals surface area contributed by atoms with E-state index in [1.54, 1.807) is 13.0 Å². The number of hydrogen-bond acceptors (Lipinski definition) is 3. The van der Waals surface area contributed by atoms with Crippen LogP contribution in [0.1, 0.15) is 13.8 Å². The third-order valence-electron chi connectivity index (χ3n) is 2.30. The number of carbonyl (C=O) groups excluding carboxylic acids is 1. The number of carboxylic acid groups (broad SMARTS) is 1. The molecule has 1 aliphatic carbocycles. The summed E-state index contributed by atoms with van der Waals surface area (Å²) in [4.78, 5) is 22.0. The third kappa shape index (κ3) is 1.61. The molecular weight excluding hydrogens is 184 g/mol. The molecule has 4 nitrogen and oxygen atoms in total. The van der Waals surface area contributed by atoms with Crippen molar-refractivity contribution in [3.05, 3.63) is 23.8 Å². The normalized spacial score (nSPS) is 31.1. The zero-order chi connectivity index (χ0) is 10.9. The van der Waals surface area contributed by atoms with Gasteiger partial charge >= 0.3 is 5.97 Å². The minimum atomic E-state index is -1.90. The molecule has 2 N–H and O–H groups in total. The fourth-order valence-corrected chi connectivity index (χ4v) is 1.47. The maximum atomic E-state index is 11.2. The lowest BCUT2D eigenvalue weighted by atomic mass is 9.79. The van der Waals surface area contributed by atoms with Crippen LogP contribution in [0, 0.1) is 5.92 Å². The van der Waals surface area contributed by atoms with E-state index in [0.29, 0.717) is 5.57 Å². The van der Waals surface area contributed by atoms with E-state index in [0.717, 1.165) is 0 Å². The van der Waals surface area contributed by atoms with E-state index in [-0.39, 0.29) is 0 Å². The van der Waals surface area contributed by atoms with Crippen molar-refractivity contribution in [2.45, 2.75) is 19.4 Å². The predicted molar refractivity (Wildman–Crippen MR) is 49.7 cm³/mol. The Kier molecular flexibility index (Phi) is 2.57. The van der Waals surface area contributed by atoms with Gasteiger partial charge in [0.25, 0.3) is 0 Å². The molecule has 0 spiro atoms. The largest absolute Gasteiger partial charge is 0.481 e. The van der Waals surface area contributed by atoms with E-state index >= 15 is 0 Å². The standard InChI is InChI=1S/C10H12O4/c1-6-3-4-8(9(12)13)10(14,5-6)7(2)11/h3-5,8,14H,1-2H3,(H,12,13). The SMILES string of the molecule is CC(=O)C1(O)C=C(C)C=CC1C(=O)O. The van der Waals surface area contributed by atoms with Crippen molar-refractivity contribution in [2.24, 2.45) is 5.92 Å². The summed E-state index contributed by atoms with van der Waals surface area (Å²) in [5, 5.41) is 18.7. The predicted octanol–water partition coefficient (Wildman–Crippen LogP) is 0.523. The zero-order valence-electron chi connectivity index (χ0n) is 8.02. The molecule has 76 valence electrons. The summed E-state index contributed by atoms with van der Waals surface area (Å²) in [6.07, 6.45) is 4.20. The second-order valence-corrected chi connectivity index (χ2v) is 3.44. The van der Waals surface area contributed by atoms with Gasteiger partial charge in [-0.15, -0.1) is 0 Å². The molecule has 0 amide bonds. The average molecular weight is 196 g/mol. The van der Waals surface area contributed by atoms with Crippen molar-refractivity contribution in [3.8, 4) is 0 Å². The van der Waals surface area contributed by atoms with Crippen LogP contribution >= 0.6 is 0 Å². The fraction of sp³-hybridized carbons (Fsp3) is 0.400. The number of allylic oxidation sites excluding steroid dienone is 2. The number of ketones is 1. The molecule has 0 radical (unpaired) electrons. The van der Waals surface area contributed by atoms with Gasteiger partial charge in [0.15, 0.2) is 11.4 Å². The third-order valence-corrected chi connectivity index (χ3v) is 2.30. The van der Waals surface area contributed by atoms with Gasteiger partial charge in [0.1, 0.15) is 5.92 Å². The summed E-state index contributed by atoms with van der Waals surface area (Å²) in [5.41, 5.74) is -1.22. The average Bonchev–Trinajstić information content (AvgIpc) is 2.02. The van der Waals surface area contributed by atoms with Crippen LogP contribution in [0.25, 0.3) is 0 Å². The highest BCUT2D eigenvalue weighted by atomic mass is 16.4. The quantitative estimate of drug-likeness (QED) is 0.675. The molecular formula is C10H12O4. The molecule has 0 heterocycles. The topological polar surface area (TPSA) is 74.6 Å². The molecule has 4 heteroatoms. The first-order valence-corrected chi connectivity index (χ1v) is 4.22. The van der Waals surface area contributed by atoms with Gasteiger partial charge in [0, 0.05) is 0 Å². The smallest absolute Gasteiger partial charge is 0.314 e. The number of rotatable bonds is 2. The van der Waals surface area contributed by atoms with Crippen LogP contribution in [0.5, 0.6) is 0 Å². The summed E-state index contributed by atoms with van der Waals surface area (Å²) in [5.74, 6) is -2.96. The summed E-state index contributed by atoms with van der Waals surface area (Å²) in [6, 6.07) is 0. The number of Topliss-reactive ketones (excluding diaryl/α,β-unsaturated/α-hetero) is 1. The van der Waals surface area contributed by atoms with E-state index in [4.69, 9.17) is 5.11 Å². The Morgan fingerprint density at radius 1 is 1.50 bits per heavy atom. The summed E-state index contributed by atoms with van der Waals surface area (Å²) < 4.78 is 0. The molecule has 0 saturated carbocycles. The van der Waals surface area contributed by atoms with Crippen molar-refractivity contribution in [2.75, 3.05) is 0 Å². The van der Waals surface area contributed by atoms with Crippen LogP contribution in [0.15, 0.2) is 23.8 Å². The number of hydrogen-bond donors (Lipinski definition) is 2. The number of aliphatic carboxylic acids is 1. The molecule has 1 rings (SSSR count). The molecule has 0 aromatic carbocycles. The molecule has 2 atom stereocenters. The van der Waals surface area contributed by atoms with Gasteiger partial charge in [-0.25, -0.2) is 0 Å². The second kappa shape index (κ2) is 3.38. The highest BCUT2D eigenvalue weighted by Crippen LogP contribution is 2.28. The Bertz CT molecular complexity index is 340. The van der Waals surface area contributed by atoms with E-state index in [1.807, 2.05) is 0 Å². The lowest BCUT2D eigenvalue weighted by Gasteiger charge is -2.29. The zero-order valence-corrected chi connectivity index (χ0v) is 8.02. The molecule has 1 aliphatic rings. The Morgan fingerprint density at radius 3 is 2.50 bits per heavy atom. The first kappa shape index (κ1) is 10.7. The van der Waals surface area contributed by atoms with Gasteiger partial charge in [0.05, 0.1) is 0 Å². The maximum absolute atomic E-state index is 11.2. The van der Waals surface area contributed by atoms with Gasteiger partial charge in [-0.05, 0) is 19.9 Å². The van der Waals surface area contributed by atoms with Crippen LogP contribution < -0.4 is 0 Å². The van der Waals surface area contributed by atoms with Gasteiger partial charge < -0.3 is 10.2 Å². The lowest BCUT2D eigenvalue weighted by molar-refractivity contribution is -0.152. The van der Waals surface area contributed by atoms with Gasteiger partial charge in [0.2, 0.25) is 0 Å². The first-order valence-electron chi connectivity index (χ1n) is 4.22. The molecule has 0 aromatic heterocycles. The summed E-state index contributed by atoms with van der Waals surface area (Å²) >= 11 is 0. The minimum Gasteiger partial charge on any atom is -0.481 e. The van der Waals surface area contributed by atoms with E-state index in [9.17, 15) is 14.7 Å². The molecule has 0 saturated heterocycles. The fourth-order valence-electron chi connectivity index (χ4n) is 1.47. The van der Waals surface area contributed by atoms with Crippen LogP contribution in [0.3, 0.4) is 0 Å². The van der Waals surface area contributed by atoms with Gasteiger partial charge in [-0.1, -0.05) is 17.7 Å². The van der Waals surface area contributed by atoms with Gasteiger partial charge in [-0.2, -0.15) is 0 Å². The Morgan fingerprint density at radius 2 is 2.07 bits per heavy atom. The summed E-state index contributed by atoms with van der Waals surface area (Å²) in [6.45, 7) is 2.88. The highest BCUT2D eigenvalue weighted by molar-refractivity contribution is 5.94. The maximum Gasteiger partial charge on any atom is 0.314 e.